The number of ether oxygens (including phenoxy) is 2. The third-order valence-electron chi connectivity index (χ3n) is 3.01. The number of aliphatic hydroxyl groups excluding tert-OH is 1. The summed E-state index contributed by atoms with van der Waals surface area (Å²) in [6, 6.07) is 8.98. The van der Waals surface area contributed by atoms with Crippen LogP contribution in [0.25, 0.3) is 0 Å². The predicted molar refractivity (Wildman–Crippen MR) is 61.1 cm³/mol. The van der Waals surface area contributed by atoms with Crippen LogP contribution in [0.3, 0.4) is 0 Å². The molecule has 0 amide bonds. The van der Waals surface area contributed by atoms with Gasteiger partial charge in [-0.05, 0) is 12.0 Å². The highest BCUT2D eigenvalue weighted by Gasteiger charge is 2.58. The van der Waals surface area contributed by atoms with E-state index in [4.69, 9.17) is 9.47 Å². The molecule has 1 unspecified atom stereocenters. The molecule has 18 heavy (non-hydrogen) atoms. The maximum Gasteiger partial charge on any atom is 0.304 e. The van der Waals surface area contributed by atoms with Gasteiger partial charge in [0.1, 0.15) is 6.10 Å². The summed E-state index contributed by atoms with van der Waals surface area (Å²) in [5, 5.41) is 9.48. The highest BCUT2D eigenvalue weighted by molar-refractivity contribution is 5.13. The second-order valence-corrected chi connectivity index (χ2v) is 4.32. The minimum atomic E-state index is -3.16. The Labute approximate surface area is 104 Å². The van der Waals surface area contributed by atoms with Crippen molar-refractivity contribution in [2.75, 3.05) is 0 Å². The third kappa shape index (κ3) is 2.53. The van der Waals surface area contributed by atoms with Gasteiger partial charge in [-0.1, -0.05) is 37.3 Å². The monoisotopic (exact) mass is 258 g/mol. The first-order valence-corrected chi connectivity index (χ1v) is 5.92. The van der Waals surface area contributed by atoms with Crippen LogP contribution in [0.1, 0.15) is 18.9 Å². The van der Waals surface area contributed by atoms with E-state index >= 15 is 0 Å². The molecule has 1 aliphatic heterocycles. The van der Waals surface area contributed by atoms with Crippen LogP contribution in [0.4, 0.5) is 8.78 Å². The first-order chi connectivity index (χ1) is 8.55. The molecule has 0 radical (unpaired) electrons. The number of aliphatic hydroxyl groups is 1. The van der Waals surface area contributed by atoms with E-state index in [1.54, 1.807) is 31.2 Å². The smallest absolute Gasteiger partial charge is 0.304 e. The number of hydrogen-bond acceptors (Lipinski definition) is 3. The van der Waals surface area contributed by atoms with Crippen molar-refractivity contribution in [2.45, 2.75) is 44.4 Å². The Morgan fingerprint density at radius 2 is 2.00 bits per heavy atom. The standard InChI is InChI=1S/C13H16F2O3/c1-2-10-13(14,15)11(12(16)18-10)17-8-9-6-4-3-5-7-9/h3-7,10-12,16H,2,8H2,1H3/t10-,11+,12?/m1/s1. The first-order valence-electron chi connectivity index (χ1n) is 5.92. The van der Waals surface area contributed by atoms with Crippen molar-refractivity contribution in [1.82, 2.24) is 0 Å². The Morgan fingerprint density at radius 1 is 1.33 bits per heavy atom. The van der Waals surface area contributed by atoms with Crippen LogP contribution in [-0.2, 0) is 16.1 Å². The summed E-state index contributed by atoms with van der Waals surface area (Å²) in [4.78, 5) is 0. The molecule has 1 fully saturated rings. The molecule has 0 bridgehead atoms. The highest BCUT2D eigenvalue weighted by atomic mass is 19.3. The predicted octanol–water partition coefficient (Wildman–Crippen LogP) is 2.33. The van der Waals surface area contributed by atoms with Gasteiger partial charge in [0.15, 0.2) is 12.4 Å². The molecule has 0 spiro atoms. The van der Waals surface area contributed by atoms with Crippen LogP contribution in [0.5, 0.6) is 0 Å². The largest absolute Gasteiger partial charge is 0.366 e. The lowest BCUT2D eigenvalue weighted by molar-refractivity contribution is -0.163. The highest BCUT2D eigenvalue weighted by Crippen LogP contribution is 2.39. The molecule has 1 heterocycles. The summed E-state index contributed by atoms with van der Waals surface area (Å²) in [5.41, 5.74) is 0.778. The minimum absolute atomic E-state index is 0.0257. The fraction of sp³-hybridized carbons (Fsp3) is 0.538. The Kier molecular flexibility index (Phi) is 3.94. The number of hydrogen-bond donors (Lipinski definition) is 1. The molecule has 2 rings (SSSR count). The Morgan fingerprint density at radius 3 is 2.56 bits per heavy atom. The molecule has 3 atom stereocenters. The number of rotatable bonds is 4. The zero-order chi connectivity index (χ0) is 13.2. The molecule has 3 nitrogen and oxygen atoms in total. The summed E-state index contributed by atoms with van der Waals surface area (Å²) in [6.07, 6.45) is -4.33. The lowest BCUT2D eigenvalue weighted by Crippen LogP contribution is -2.41. The molecule has 1 aromatic rings. The van der Waals surface area contributed by atoms with E-state index in [2.05, 4.69) is 0 Å². The Balaban J connectivity index is 2.00. The van der Waals surface area contributed by atoms with E-state index in [-0.39, 0.29) is 13.0 Å². The molecule has 0 aromatic heterocycles. The summed E-state index contributed by atoms with van der Waals surface area (Å²) in [5.74, 6) is -3.16. The van der Waals surface area contributed by atoms with Gasteiger partial charge < -0.3 is 14.6 Å². The maximum absolute atomic E-state index is 13.8. The van der Waals surface area contributed by atoms with Crippen molar-refractivity contribution in [1.29, 1.82) is 0 Å². The van der Waals surface area contributed by atoms with Crippen LogP contribution in [0.15, 0.2) is 30.3 Å². The third-order valence-corrected chi connectivity index (χ3v) is 3.01. The van der Waals surface area contributed by atoms with Gasteiger partial charge in [0.25, 0.3) is 0 Å². The van der Waals surface area contributed by atoms with Crippen molar-refractivity contribution in [3.63, 3.8) is 0 Å². The fourth-order valence-corrected chi connectivity index (χ4v) is 2.03. The maximum atomic E-state index is 13.8. The van der Waals surface area contributed by atoms with Crippen molar-refractivity contribution in [2.24, 2.45) is 0 Å². The van der Waals surface area contributed by atoms with E-state index in [1.807, 2.05) is 6.07 Å². The summed E-state index contributed by atoms with van der Waals surface area (Å²) >= 11 is 0. The van der Waals surface area contributed by atoms with Crippen molar-refractivity contribution >= 4 is 0 Å². The van der Waals surface area contributed by atoms with E-state index in [1.165, 1.54) is 0 Å². The Bertz CT molecular complexity index is 383. The van der Waals surface area contributed by atoms with Gasteiger partial charge >= 0.3 is 5.92 Å². The van der Waals surface area contributed by atoms with E-state index < -0.39 is 24.4 Å². The molecule has 1 aliphatic rings. The average molecular weight is 258 g/mol. The van der Waals surface area contributed by atoms with Crippen LogP contribution in [0.2, 0.25) is 0 Å². The molecule has 1 saturated heterocycles. The summed E-state index contributed by atoms with van der Waals surface area (Å²) < 4.78 is 37.6. The van der Waals surface area contributed by atoms with Crippen LogP contribution >= 0.6 is 0 Å². The average Bonchev–Trinajstić information content (AvgIpc) is 2.58. The first kappa shape index (κ1) is 13.4. The Hall–Kier alpha value is -1.04. The van der Waals surface area contributed by atoms with Gasteiger partial charge in [-0.3, -0.25) is 0 Å². The number of halogens is 2. The van der Waals surface area contributed by atoms with Gasteiger partial charge in [0, 0.05) is 0 Å². The number of benzene rings is 1. The lowest BCUT2D eigenvalue weighted by Gasteiger charge is -2.22. The quantitative estimate of drug-likeness (QED) is 0.900. The molecule has 5 heteroatoms. The summed E-state index contributed by atoms with van der Waals surface area (Å²) in [6.45, 7) is 1.61. The normalized spacial score (nSPS) is 30.6. The lowest BCUT2D eigenvalue weighted by atomic mass is 10.1. The second kappa shape index (κ2) is 5.30. The molecular formula is C13H16F2O3. The molecule has 0 aliphatic carbocycles. The van der Waals surface area contributed by atoms with E-state index in [0.717, 1.165) is 5.56 Å². The second-order valence-electron chi connectivity index (χ2n) is 4.32. The van der Waals surface area contributed by atoms with Gasteiger partial charge in [-0.25, -0.2) is 8.78 Å². The van der Waals surface area contributed by atoms with Crippen LogP contribution in [-0.4, -0.2) is 29.5 Å². The van der Waals surface area contributed by atoms with Crippen LogP contribution < -0.4 is 0 Å². The van der Waals surface area contributed by atoms with Gasteiger partial charge in [0.2, 0.25) is 0 Å². The van der Waals surface area contributed by atoms with E-state index in [0.29, 0.717) is 0 Å². The van der Waals surface area contributed by atoms with Crippen LogP contribution in [0, 0.1) is 0 Å². The van der Waals surface area contributed by atoms with Gasteiger partial charge in [0.05, 0.1) is 6.61 Å². The molecule has 1 aromatic carbocycles. The van der Waals surface area contributed by atoms with Gasteiger partial charge in [-0.15, -0.1) is 0 Å². The fourth-order valence-electron chi connectivity index (χ4n) is 2.03. The summed E-state index contributed by atoms with van der Waals surface area (Å²) in [7, 11) is 0. The van der Waals surface area contributed by atoms with Gasteiger partial charge in [-0.2, -0.15) is 0 Å². The molecule has 0 saturated carbocycles. The SMILES string of the molecule is CC[C@H]1OC(O)[C@H](OCc2ccccc2)C1(F)F. The van der Waals surface area contributed by atoms with Crippen molar-refractivity contribution < 1.29 is 23.4 Å². The zero-order valence-electron chi connectivity index (χ0n) is 10.1. The zero-order valence-corrected chi connectivity index (χ0v) is 10.1. The topological polar surface area (TPSA) is 38.7 Å². The molecule has 100 valence electrons. The number of alkyl halides is 2. The molecule has 1 N–H and O–H groups in total. The molecular weight excluding hydrogens is 242 g/mol. The van der Waals surface area contributed by atoms with Crippen molar-refractivity contribution in [3.8, 4) is 0 Å². The minimum Gasteiger partial charge on any atom is -0.366 e. The van der Waals surface area contributed by atoms with Crippen molar-refractivity contribution in [3.05, 3.63) is 35.9 Å². The van der Waals surface area contributed by atoms with E-state index in [9.17, 15) is 13.9 Å².